The van der Waals surface area contributed by atoms with Crippen molar-refractivity contribution in [1.82, 2.24) is 0 Å². The number of hydrogen-bond acceptors (Lipinski definition) is 1. The van der Waals surface area contributed by atoms with Crippen molar-refractivity contribution in [3.05, 3.63) is 47.7 Å². The lowest BCUT2D eigenvalue weighted by Crippen LogP contribution is -2.40. The first-order chi connectivity index (χ1) is 11.0. The van der Waals surface area contributed by atoms with Crippen LogP contribution in [0.1, 0.15) is 45.6 Å². The van der Waals surface area contributed by atoms with Crippen molar-refractivity contribution in [3.63, 3.8) is 0 Å². The summed E-state index contributed by atoms with van der Waals surface area (Å²) in [5.74, 6) is 0. The maximum absolute atomic E-state index is 6.24. The lowest BCUT2D eigenvalue weighted by atomic mass is 10.2. The Morgan fingerprint density at radius 1 is 0.958 bits per heavy atom. The number of benzene rings is 1. The topological polar surface area (TPSA) is 9.23 Å². The summed E-state index contributed by atoms with van der Waals surface area (Å²) in [7, 11) is -2.83. The van der Waals surface area contributed by atoms with Crippen LogP contribution in [-0.2, 0) is 10.5 Å². The highest BCUT2D eigenvalue weighted by atomic mass is 28.4. The molecule has 136 valence electrons. The van der Waals surface area contributed by atoms with Gasteiger partial charge in [-0.3, -0.25) is 0 Å². The van der Waals surface area contributed by atoms with E-state index in [0.29, 0.717) is 5.04 Å². The van der Waals surface area contributed by atoms with Crippen LogP contribution in [0, 0.1) is 0 Å². The average Bonchev–Trinajstić information content (AvgIpc) is 2.45. The van der Waals surface area contributed by atoms with Gasteiger partial charge in [-0.15, -0.1) is 0 Å². The van der Waals surface area contributed by atoms with Crippen LogP contribution in [0.2, 0.25) is 31.2 Å². The maximum atomic E-state index is 6.24. The van der Waals surface area contributed by atoms with Gasteiger partial charge in [0.15, 0.2) is 8.32 Å². The highest BCUT2D eigenvalue weighted by molar-refractivity contribution is 6.81. The van der Waals surface area contributed by atoms with Crippen LogP contribution in [0.4, 0.5) is 0 Å². The van der Waals surface area contributed by atoms with Crippen LogP contribution in [0.5, 0.6) is 0 Å². The molecule has 0 spiro atoms. The molecule has 0 radical (unpaired) electrons. The Balaban J connectivity index is 2.26. The Bertz CT molecular complexity index is 498. The molecule has 1 aromatic carbocycles. The van der Waals surface area contributed by atoms with Gasteiger partial charge in [0.2, 0.25) is 0 Å². The number of unbranched alkanes of at least 4 members (excludes halogenated alkanes) is 2. The van der Waals surface area contributed by atoms with E-state index >= 15 is 0 Å². The van der Waals surface area contributed by atoms with Gasteiger partial charge in [-0.05, 0) is 43.4 Å². The molecule has 3 heteroatoms. The van der Waals surface area contributed by atoms with Crippen LogP contribution < -0.4 is 0 Å². The van der Waals surface area contributed by atoms with E-state index in [-0.39, 0.29) is 0 Å². The predicted octanol–water partition coefficient (Wildman–Crippen LogP) is 6.76. The summed E-state index contributed by atoms with van der Waals surface area (Å²) in [6, 6.07) is 12.1. The standard InChI is InChI=1S/C21H38OSi2/c1-21(2,3)24(6,7)22-17-13-8-9-14-18-23(4,5)19-20-15-11-10-12-16-20/h10-12,14-16,18H,8-9,13,17,19H2,1-7H3/b18-14+. The molecular weight excluding hydrogens is 324 g/mol. The first-order valence-electron chi connectivity index (χ1n) is 9.39. The van der Waals surface area contributed by atoms with Gasteiger partial charge in [0.1, 0.15) is 0 Å². The summed E-state index contributed by atoms with van der Waals surface area (Å²) in [6.07, 6.45) is 6.02. The third kappa shape index (κ3) is 7.95. The number of rotatable bonds is 9. The zero-order chi connectivity index (χ0) is 18.3. The second kappa shape index (κ2) is 9.16. The highest BCUT2D eigenvalue weighted by Gasteiger charge is 2.36. The van der Waals surface area contributed by atoms with E-state index in [4.69, 9.17) is 4.43 Å². The minimum atomic E-state index is -1.56. The molecule has 0 aliphatic heterocycles. The quantitative estimate of drug-likeness (QED) is 0.348. The first-order valence-corrected chi connectivity index (χ1v) is 15.6. The van der Waals surface area contributed by atoms with E-state index in [1.807, 2.05) is 0 Å². The van der Waals surface area contributed by atoms with E-state index in [2.05, 4.69) is 89.1 Å². The first kappa shape index (κ1) is 21.4. The molecule has 0 aliphatic carbocycles. The largest absolute Gasteiger partial charge is 0.417 e. The van der Waals surface area contributed by atoms with Crippen molar-refractivity contribution in [2.45, 2.75) is 77.3 Å². The summed E-state index contributed by atoms with van der Waals surface area (Å²) in [6.45, 7) is 17.4. The van der Waals surface area contributed by atoms with Crippen LogP contribution in [-0.4, -0.2) is 23.0 Å². The summed E-state index contributed by atoms with van der Waals surface area (Å²) in [5, 5.41) is 0.319. The normalized spacial score (nSPS) is 13.6. The van der Waals surface area contributed by atoms with Crippen LogP contribution in [0.3, 0.4) is 0 Å². The zero-order valence-corrected chi connectivity index (χ0v) is 19.0. The van der Waals surface area contributed by atoms with Gasteiger partial charge in [0.25, 0.3) is 0 Å². The Labute approximate surface area is 152 Å². The fourth-order valence-electron chi connectivity index (χ4n) is 2.49. The molecule has 0 bridgehead atoms. The molecular formula is C21H38OSi2. The monoisotopic (exact) mass is 362 g/mol. The van der Waals surface area contributed by atoms with Crippen molar-refractivity contribution >= 4 is 16.4 Å². The fraction of sp³-hybridized carbons (Fsp3) is 0.619. The summed E-state index contributed by atoms with van der Waals surface area (Å²) in [4.78, 5) is 0. The molecule has 0 heterocycles. The molecule has 0 saturated heterocycles. The Morgan fingerprint density at radius 2 is 1.58 bits per heavy atom. The molecule has 0 atom stereocenters. The molecule has 0 aliphatic rings. The predicted molar refractivity (Wildman–Crippen MR) is 114 cm³/mol. The van der Waals surface area contributed by atoms with Gasteiger partial charge in [-0.25, -0.2) is 0 Å². The van der Waals surface area contributed by atoms with E-state index in [1.165, 1.54) is 30.9 Å². The molecule has 1 rings (SSSR count). The van der Waals surface area contributed by atoms with Crippen LogP contribution in [0.15, 0.2) is 42.1 Å². The SMILES string of the molecule is CC(C)(C)[Si](C)(C)OCCCC/C=C/[Si](C)(C)Cc1ccccc1. The van der Waals surface area contributed by atoms with E-state index in [0.717, 1.165) is 6.61 Å². The van der Waals surface area contributed by atoms with Crippen molar-refractivity contribution in [3.8, 4) is 0 Å². The minimum Gasteiger partial charge on any atom is -0.417 e. The highest BCUT2D eigenvalue weighted by Crippen LogP contribution is 2.36. The fourth-order valence-corrected chi connectivity index (χ4v) is 5.79. The van der Waals surface area contributed by atoms with E-state index in [9.17, 15) is 0 Å². The van der Waals surface area contributed by atoms with Gasteiger partial charge in [-0.2, -0.15) is 0 Å². The molecule has 0 fully saturated rings. The molecule has 24 heavy (non-hydrogen) atoms. The van der Waals surface area contributed by atoms with Crippen LogP contribution in [0.25, 0.3) is 0 Å². The molecule has 0 saturated carbocycles. The third-order valence-electron chi connectivity index (χ3n) is 5.11. The van der Waals surface area contributed by atoms with Gasteiger partial charge in [0, 0.05) is 6.61 Å². The second-order valence-electron chi connectivity index (χ2n) is 9.16. The Kier molecular flexibility index (Phi) is 8.17. The van der Waals surface area contributed by atoms with Crippen molar-refractivity contribution < 1.29 is 4.43 Å². The van der Waals surface area contributed by atoms with Crippen molar-refractivity contribution in [2.24, 2.45) is 0 Å². The number of hydrogen-bond donors (Lipinski definition) is 0. The molecule has 0 aromatic heterocycles. The summed E-state index contributed by atoms with van der Waals surface area (Å²) >= 11 is 0. The Morgan fingerprint density at radius 3 is 2.17 bits per heavy atom. The maximum Gasteiger partial charge on any atom is 0.191 e. The van der Waals surface area contributed by atoms with Gasteiger partial charge in [-0.1, -0.05) is 81.5 Å². The number of allylic oxidation sites excluding steroid dienone is 1. The molecule has 1 nitrogen and oxygen atoms in total. The van der Waals surface area contributed by atoms with Gasteiger partial charge >= 0.3 is 0 Å². The molecule has 0 unspecified atom stereocenters. The lowest BCUT2D eigenvalue weighted by Gasteiger charge is -2.36. The summed E-state index contributed by atoms with van der Waals surface area (Å²) < 4.78 is 6.24. The van der Waals surface area contributed by atoms with E-state index < -0.39 is 16.4 Å². The molecule has 0 N–H and O–H groups in total. The van der Waals surface area contributed by atoms with Gasteiger partial charge in [0.05, 0.1) is 8.07 Å². The third-order valence-corrected chi connectivity index (χ3v) is 12.1. The lowest BCUT2D eigenvalue weighted by molar-refractivity contribution is 0.279. The summed E-state index contributed by atoms with van der Waals surface area (Å²) in [5.41, 5.74) is 4.00. The molecule has 1 aromatic rings. The minimum absolute atomic E-state index is 0.319. The van der Waals surface area contributed by atoms with Crippen molar-refractivity contribution in [1.29, 1.82) is 0 Å². The average molecular weight is 363 g/mol. The van der Waals surface area contributed by atoms with Crippen molar-refractivity contribution in [2.75, 3.05) is 6.61 Å². The Hall–Kier alpha value is -0.646. The smallest absolute Gasteiger partial charge is 0.191 e. The van der Waals surface area contributed by atoms with Crippen LogP contribution >= 0.6 is 0 Å². The zero-order valence-electron chi connectivity index (χ0n) is 17.0. The van der Waals surface area contributed by atoms with Gasteiger partial charge < -0.3 is 4.43 Å². The molecule has 0 amide bonds. The second-order valence-corrected chi connectivity index (χ2v) is 18.6. The van der Waals surface area contributed by atoms with E-state index in [1.54, 1.807) is 0 Å².